The highest BCUT2D eigenvalue weighted by Crippen LogP contribution is 2.17. The lowest BCUT2D eigenvalue weighted by Gasteiger charge is -2.21. The van der Waals surface area contributed by atoms with Gasteiger partial charge in [0, 0.05) is 32.2 Å². The Labute approximate surface area is 117 Å². The normalized spacial score (nSPS) is 16.1. The molecule has 2 N–H and O–H groups in total. The van der Waals surface area contributed by atoms with Crippen LogP contribution in [0.25, 0.3) is 0 Å². The molecule has 1 saturated heterocycles. The van der Waals surface area contributed by atoms with Crippen molar-refractivity contribution in [3.05, 3.63) is 23.2 Å². The Balaban J connectivity index is 1.96. The summed E-state index contributed by atoms with van der Waals surface area (Å²) in [7, 11) is 0. The predicted molar refractivity (Wildman–Crippen MR) is 70.9 cm³/mol. The smallest absolute Gasteiger partial charge is 0.339 e. The van der Waals surface area contributed by atoms with Gasteiger partial charge in [-0.2, -0.15) is 0 Å². The zero-order chi connectivity index (χ0) is 14.5. The van der Waals surface area contributed by atoms with Crippen LogP contribution in [0.4, 0.5) is 0 Å². The van der Waals surface area contributed by atoms with Crippen molar-refractivity contribution < 1.29 is 23.8 Å². The lowest BCUT2D eigenvalue weighted by Crippen LogP contribution is -2.31. The molecule has 0 unspecified atom stereocenters. The summed E-state index contributed by atoms with van der Waals surface area (Å²) < 4.78 is 10.6. The number of carboxylic acids is 1. The third-order valence-electron chi connectivity index (χ3n) is 3.48. The van der Waals surface area contributed by atoms with Crippen LogP contribution < -0.4 is 5.32 Å². The molecule has 1 aliphatic heterocycles. The van der Waals surface area contributed by atoms with E-state index in [0.29, 0.717) is 24.6 Å². The highest BCUT2D eigenvalue weighted by Gasteiger charge is 2.21. The minimum Gasteiger partial charge on any atom is -0.478 e. The molecule has 110 valence electrons. The molecule has 0 saturated carbocycles. The first-order valence-corrected chi connectivity index (χ1v) is 6.83. The van der Waals surface area contributed by atoms with E-state index in [4.69, 9.17) is 14.3 Å². The Hall–Kier alpha value is -1.82. The second-order valence-corrected chi connectivity index (χ2v) is 4.87. The van der Waals surface area contributed by atoms with Crippen LogP contribution in [0.5, 0.6) is 0 Å². The highest BCUT2D eigenvalue weighted by atomic mass is 16.5. The molecule has 6 nitrogen and oxygen atoms in total. The average molecular weight is 281 g/mol. The monoisotopic (exact) mass is 281 g/mol. The minimum absolute atomic E-state index is 0.0590. The van der Waals surface area contributed by atoms with Gasteiger partial charge in [-0.3, -0.25) is 4.79 Å². The lowest BCUT2D eigenvalue weighted by molar-refractivity contribution is 0.0638. The molecule has 20 heavy (non-hydrogen) atoms. The molecular formula is C14H19NO5. The fourth-order valence-corrected chi connectivity index (χ4v) is 2.26. The van der Waals surface area contributed by atoms with Crippen molar-refractivity contribution in [2.45, 2.75) is 26.2 Å². The number of carbonyl (C=O) groups excluding carboxylic acids is 1. The topological polar surface area (TPSA) is 88.8 Å². The van der Waals surface area contributed by atoms with Gasteiger partial charge in [-0.05, 0) is 18.8 Å². The number of carbonyl (C=O) groups is 2. The second-order valence-electron chi connectivity index (χ2n) is 4.87. The number of aryl methyl sites for hydroxylation is 1. The molecule has 1 aliphatic rings. The lowest BCUT2D eigenvalue weighted by atomic mass is 10.0. The summed E-state index contributed by atoms with van der Waals surface area (Å²) in [4.78, 5) is 23.0. The number of rotatable bonds is 5. The van der Waals surface area contributed by atoms with E-state index < -0.39 is 5.97 Å². The third-order valence-corrected chi connectivity index (χ3v) is 3.48. The van der Waals surface area contributed by atoms with Crippen LogP contribution in [0, 0.1) is 5.92 Å². The van der Waals surface area contributed by atoms with Gasteiger partial charge in [0.2, 0.25) is 0 Å². The van der Waals surface area contributed by atoms with Crippen LogP contribution in [-0.2, 0) is 11.2 Å². The maximum atomic E-state index is 12.0. The van der Waals surface area contributed by atoms with Crippen LogP contribution in [-0.4, -0.2) is 36.7 Å². The molecule has 0 bridgehead atoms. The average Bonchev–Trinajstić information content (AvgIpc) is 2.90. The first kappa shape index (κ1) is 14.6. The SMILES string of the molecule is CCc1oc(C(=O)NCC2CCOCC2)cc1C(=O)O. The largest absolute Gasteiger partial charge is 0.478 e. The molecule has 6 heteroatoms. The van der Waals surface area contributed by atoms with Gasteiger partial charge in [0.05, 0.1) is 0 Å². The maximum Gasteiger partial charge on any atom is 0.339 e. The van der Waals surface area contributed by atoms with Gasteiger partial charge in [0.15, 0.2) is 5.76 Å². The summed E-state index contributed by atoms with van der Waals surface area (Å²) in [6, 6.07) is 1.29. The number of nitrogens with one attached hydrogen (secondary N) is 1. The van der Waals surface area contributed by atoms with E-state index in [0.717, 1.165) is 26.1 Å². The van der Waals surface area contributed by atoms with Crippen molar-refractivity contribution >= 4 is 11.9 Å². The molecule has 1 aromatic rings. The van der Waals surface area contributed by atoms with Crippen molar-refractivity contribution in [1.82, 2.24) is 5.32 Å². The molecule has 0 aliphatic carbocycles. The Kier molecular flexibility index (Phi) is 4.79. The van der Waals surface area contributed by atoms with E-state index in [1.165, 1.54) is 6.07 Å². The van der Waals surface area contributed by atoms with Crippen molar-refractivity contribution in [1.29, 1.82) is 0 Å². The standard InChI is InChI=1S/C14H19NO5/c1-2-11-10(14(17)18)7-12(20-11)13(16)15-8-9-3-5-19-6-4-9/h7,9H,2-6,8H2,1H3,(H,15,16)(H,17,18). The molecule has 2 rings (SSSR count). The number of furan rings is 1. The zero-order valence-electron chi connectivity index (χ0n) is 11.5. The van der Waals surface area contributed by atoms with Gasteiger partial charge in [-0.25, -0.2) is 4.79 Å². The molecular weight excluding hydrogens is 262 g/mol. The van der Waals surface area contributed by atoms with E-state index in [-0.39, 0.29) is 17.2 Å². The summed E-state index contributed by atoms with van der Waals surface area (Å²) in [5.74, 6) is -0.639. The quantitative estimate of drug-likeness (QED) is 0.857. The van der Waals surface area contributed by atoms with E-state index in [1.54, 1.807) is 6.92 Å². The van der Waals surface area contributed by atoms with E-state index in [2.05, 4.69) is 5.32 Å². The van der Waals surface area contributed by atoms with Crippen LogP contribution in [0.3, 0.4) is 0 Å². The van der Waals surface area contributed by atoms with Crippen LogP contribution in [0.15, 0.2) is 10.5 Å². The first-order chi connectivity index (χ1) is 9.61. The van der Waals surface area contributed by atoms with Crippen molar-refractivity contribution in [2.75, 3.05) is 19.8 Å². The summed E-state index contributed by atoms with van der Waals surface area (Å²) in [5, 5.41) is 11.8. The number of hydrogen-bond donors (Lipinski definition) is 2. The summed E-state index contributed by atoms with van der Waals surface area (Å²) in [5.41, 5.74) is 0.0590. The summed E-state index contributed by atoms with van der Waals surface area (Å²) in [6.07, 6.45) is 2.30. The summed E-state index contributed by atoms with van der Waals surface area (Å²) in [6.45, 7) is 3.80. The van der Waals surface area contributed by atoms with Gasteiger partial charge < -0.3 is 19.6 Å². The highest BCUT2D eigenvalue weighted by molar-refractivity contribution is 5.96. The van der Waals surface area contributed by atoms with Gasteiger partial charge in [0.1, 0.15) is 11.3 Å². The second kappa shape index (κ2) is 6.56. The molecule has 0 spiro atoms. The van der Waals surface area contributed by atoms with Crippen molar-refractivity contribution in [2.24, 2.45) is 5.92 Å². The minimum atomic E-state index is -1.07. The van der Waals surface area contributed by atoms with Gasteiger partial charge in [0.25, 0.3) is 5.91 Å². The Morgan fingerprint density at radius 3 is 2.65 bits per heavy atom. The zero-order valence-corrected chi connectivity index (χ0v) is 11.5. The first-order valence-electron chi connectivity index (χ1n) is 6.83. The molecule has 1 amide bonds. The Morgan fingerprint density at radius 1 is 1.40 bits per heavy atom. The Bertz CT molecular complexity index is 488. The van der Waals surface area contributed by atoms with Gasteiger partial charge >= 0.3 is 5.97 Å². The molecule has 2 heterocycles. The van der Waals surface area contributed by atoms with Gasteiger partial charge in [-0.1, -0.05) is 6.92 Å². The van der Waals surface area contributed by atoms with Crippen molar-refractivity contribution in [3.63, 3.8) is 0 Å². The number of ether oxygens (including phenoxy) is 1. The fourth-order valence-electron chi connectivity index (χ4n) is 2.26. The van der Waals surface area contributed by atoms with E-state index >= 15 is 0 Å². The van der Waals surface area contributed by atoms with E-state index in [9.17, 15) is 9.59 Å². The molecule has 0 aromatic carbocycles. The molecule has 0 atom stereocenters. The number of carboxylic acid groups (broad SMARTS) is 1. The van der Waals surface area contributed by atoms with Crippen molar-refractivity contribution in [3.8, 4) is 0 Å². The van der Waals surface area contributed by atoms with Gasteiger partial charge in [-0.15, -0.1) is 0 Å². The van der Waals surface area contributed by atoms with E-state index in [1.807, 2.05) is 0 Å². The van der Waals surface area contributed by atoms with Crippen LogP contribution in [0.1, 0.15) is 46.4 Å². The summed E-state index contributed by atoms with van der Waals surface area (Å²) >= 11 is 0. The molecule has 1 aromatic heterocycles. The third kappa shape index (κ3) is 3.39. The fraction of sp³-hybridized carbons (Fsp3) is 0.571. The number of hydrogen-bond acceptors (Lipinski definition) is 4. The molecule has 1 fully saturated rings. The number of aromatic carboxylic acids is 1. The maximum absolute atomic E-state index is 12.0. The number of amides is 1. The van der Waals surface area contributed by atoms with Crippen LogP contribution >= 0.6 is 0 Å². The molecule has 0 radical (unpaired) electrons. The van der Waals surface area contributed by atoms with Crippen LogP contribution in [0.2, 0.25) is 0 Å². The predicted octanol–water partition coefficient (Wildman–Crippen LogP) is 1.70. The Morgan fingerprint density at radius 2 is 2.10 bits per heavy atom.